The second kappa shape index (κ2) is 4.48. The fraction of sp³-hybridized carbons (Fsp3) is 0.222. The number of rotatable bonds is 3. The second-order valence-corrected chi connectivity index (χ2v) is 2.48. The summed E-state index contributed by atoms with van der Waals surface area (Å²) in [4.78, 5) is 11.3. The molecule has 5 nitrogen and oxygen atoms in total. The zero-order chi connectivity index (χ0) is 10.6. The van der Waals surface area contributed by atoms with Crippen molar-refractivity contribution in [3.63, 3.8) is 0 Å². The van der Waals surface area contributed by atoms with Crippen LogP contribution in [0.4, 0.5) is 0 Å². The summed E-state index contributed by atoms with van der Waals surface area (Å²) in [6.07, 6.45) is 0. The zero-order valence-corrected chi connectivity index (χ0v) is 7.90. The van der Waals surface area contributed by atoms with Crippen LogP contribution in [0.25, 0.3) is 0 Å². The maximum absolute atomic E-state index is 11.3. The Hall–Kier alpha value is -1.75. The standard InChI is InChI=1S/C9H11NO4/c1-13-6-4-3-5-7(14-2)8(6)9(11)10-12/h3-5,12H,1-2H3,(H,10,11). The van der Waals surface area contributed by atoms with Gasteiger partial charge in [-0.05, 0) is 12.1 Å². The molecule has 0 aliphatic rings. The maximum atomic E-state index is 11.3. The number of hydroxylamine groups is 1. The van der Waals surface area contributed by atoms with Gasteiger partial charge in [-0.1, -0.05) is 6.07 Å². The molecule has 0 saturated heterocycles. The van der Waals surface area contributed by atoms with Gasteiger partial charge in [0.05, 0.1) is 14.2 Å². The van der Waals surface area contributed by atoms with Crippen LogP contribution in [0, 0.1) is 0 Å². The van der Waals surface area contributed by atoms with Gasteiger partial charge in [-0.3, -0.25) is 10.0 Å². The number of hydrogen-bond acceptors (Lipinski definition) is 4. The van der Waals surface area contributed by atoms with Gasteiger partial charge in [0.25, 0.3) is 5.91 Å². The summed E-state index contributed by atoms with van der Waals surface area (Å²) in [6, 6.07) is 4.89. The summed E-state index contributed by atoms with van der Waals surface area (Å²) < 4.78 is 9.92. The lowest BCUT2D eigenvalue weighted by molar-refractivity contribution is 0.0699. The quantitative estimate of drug-likeness (QED) is 0.556. The average Bonchev–Trinajstić information content (AvgIpc) is 2.26. The third-order valence-electron chi connectivity index (χ3n) is 1.76. The fourth-order valence-electron chi connectivity index (χ4n) is 1.13. The lowest BCUT2D eigenvalue weighted by Crippen LogP contribution is -2.20. The van der Waals surface area contributed by atoms with Crippen molar-refractivity contribution >= 4 is 5.91 Å². The molecule has 1 rings (SSSR count). The zero-order valence-electron chi connectivity index (χ0n) is 7.90. The number of amides is 1. The minimum absolute atomic E-state index is 0.167. The largest absolute Gasteiger partial charge is 0.496 e. The minimum atomic E-state index is -0.667. The highest BCUT2D eigenvalue weighted by Gasteiger charge is 2.16. The van der Waals surface area contributed by atoms with E-state index in [0.29, 0.717) is 11.5 Å². The van der Waals surface area contributed by atoms with Crippen LogP contribution >= 0.6 is 0 Å². The van der Waals surface area contributed by atoms with Crippen molar-refractivity contribution in [2.75, 3.05) is 14.2 Å². The Morgan fingerprint density at radius 1 is 1.29 bits per heavy atom. The first-order chi connectivity index (χ1) is 6.74. The van der Waals surface area contributed by atoms with Gasteiger partial charge in [0.2, 0.25) is 0 Å². The van der Waals surface area contributed by atoms with E-state index in [4.69, 9.17) is 14.7 Å². The van der Waals surface area contributed by atoms with Crippen molar-refractivity contribution < 1.29 is 19.5 Å². The van der Waals surface area contributed by atoms with Crippen molar-refractivity contribution in [2.45, 2.75) is 0 Å². The second-order valence-electron chi connectivity index (χ2n) is 2.48. The molecule has 0 heterocycles. The maximum Gasteiger partial charge on any atom is 0.282 e. The molecule has 1 amide bonds. The van der Waals surface area contributed by atoms with E-state index in [1.54, 1.807) is 18.2 Å². The Balaban J connectivity index is 3.25. The van der Waals surface area contributed by atoms with Crippen LogP contribution in [-0.4, -0.2) is 25.3 Å². The number of benzene rings is 1. The van der Waals surface area contributed by atoms with E-state index < -0.39 is 5.91 Å². The molecule has 0 fully saturated rings. The highest BCUT2D eigenvalue weighted by atomic mass is 16.5. The first-order valence-corrected chi connectivity index (χ1v) is 3.90. The molecule has 0 aliphatic heterocycles. The first kappa shape index (κ1) is 10.3. The molecule has 0 unspecified atom stereocenters. The van der Waals surface area contributed by atoms with E-state index in [9.17, 15) is 4.79 Å². The summed E-state index contributed by atoms with van der Waals surface area (Å²) in [5.41, 5.74) is 1.70. The van der Waals surface area contributed by atoms with Crippen LogP contribution in [0.1, 0.15) is 10.4 Å². The Labute approximate surface area is 81.2 Å². The van der Waals surface area contributed by atoms with E-state index in [-0.39, 0.29) is 5.56 Å². The molecular weight excluding hydrogens is 186 g/mol. The van der Waals surface area contributed by atoms with Crippen molar-refractivity contribution in [3.8, 4) is 11.5 Å². The first-order valence-electron chi connectivity index (χ1n) is 3.90. The highest BCUT2D eigenvalue weighted by Crippen LogP contribution is 2.27. The molecule has 0 aromatic heterocycles. The molecule has 0 spiro atoms. The van der Waals surface area contributed by atoms with Crippen LogP contribution in [0.5, 0.6) is 11.5 Å². The Bertz CT molecular complexity index is 315. The lowest BCUT2D eigenvalue weighted by atomic mass is 10.1. The fourth-order valence-corrected chi connectivity index (χ4v) is 1.13. The van der Waals surface area contributed by atoms with Gasteiger partial charge in [-0.2, -0.15) is 0 Å². The average molecular weight is 197 g/mol. The van der Waals surface area contributed by atoms with Crippen LogP contribution in [0.15, 0.2) is 18.2 Å². The molecule has 0 radical (unpaired) electrons. The third kappa shape index (κ3) is 1.77. The van der Waals surface area contributed by atoms with Gasteiger partial charge in [0, 0.05) is 0 Å². The van der Waals surface area contributed by atoms with Gasteiger partial charge in [0.1, 0.15) is 17.1 Å². The van der Waals surface area contributed by atoms with Gasteiger partial charge in [0.15, 0.2) is 0 Å². The van der Waals surface area contributed by atoms with E-state index in [0.717, 1.165) is 0 Å². The summed E-state index contributed by atoms with van der Waals surface area (Å²) in [7, 11) is 2.87. The molecule has 76 valence electrons. The number of carbonyl (C=O) groups is 1. The van der Waals surface area contributed by atoms with Crippen LogP contribution in [-0.2, 0) is 0 Å². The van der Waals surface area contributed by atoms with Gasteiger partial charge >= 0.3 is 0 Å². The number of carbonyl (C=O) groups excluding carboxylic acids is 1. The normalized spacial score (nSPS) is 9.36. The van der Waals surface area contributed by atoms with E-state index in [1.165, 1.54) is 19.7 Å². The summed E-state index contributed by atoms with van der Waals surface area (Å²) in [5.74, 6) is 0.0195. The van der Waals surface area contributed by atoms with Gasteiger partial charge in [-0.15, -0.1) is 0 Å². The molecule has 0 saturated carbocycles. The van der Waals surface area contributed by atoms with Crippen molar-refractivity contribution in [1.82, 2.24) is 5.48 Å². The molecule has 1 aromatic rings. The highest BCUT2D eigenvalue weighted by molar-refractivity contribution is 5.99. The van der Waals surface area contributed by atoms with Crippen molar-refractivity contribution in [3.05, 3.63) is 23.8 Å². The number of nitrogens with one attached hydrogen (secondary N) is 1. The van der Waals surface area contributed by atoms with Crippen molar-refractivity contribution in [2.24, 2.45) is 0 Å². The summed E-state index contributed by atoms with van der Waals surface area (Å²) in [6.45, 7) is 0. The minimum Gasteiger partial charge on any atom is -0.496 e. The summed E-state index contributed by atoms with van der Waals surface area (Å²) >= 11 is 0. The molecule has 1 aromatic carbocycles. The van der Waals surface area contributed by atoms with Gasteiger partial charge < -0.3 is 9.47 Å². The Kier molecular flexibility index (Phi) is 3.30. The molecule has 0 aliphatic carbocycles. The van der Waals surface area contributed by atoms with Crippen LogP contribution < -0.4 is 15.0 Å². The molecule has 5 heteroatoms. The number of ether oxygens (including phenoxy) is 2. The molecule has 2 N–H and O–H groups in total. The monoisotopic (exact) mass is 197 g/mol. The molecule has 0 atom stereocenters. The van der Waals surface area contributed by atoms with Crippen LogP contribution in [0.2, 0.25) is 0 Å². The summed E-state index contributed by atoms with van der Waals surface area (Å²) in [5, 5.41) is 8.52. The van der Waals surface area contributed by atoms with Crippen molar-refractivity contribution in [1.29, 1.82) is 0 Å². The van der Waals surface area contributed by atoms with Crippen LogP contribution in [0.3, 0.4) is 0 Å². The Morgan fingerprint density at radius 3 is 2.14 bits per heavy atom. The van der Waals surface area contributed by atoms with E-state index in [2.05, 4.69) is 0 Å². The molecular formula is C9H11NO4. The molecule has 0 bridgehead atoms. The lowest BCUT2D eigenvalue weighted by Gasteiger charge is -2.10. The van der Waals surface area contributed by atoms with E-state index >= 15 is 0 Å². The Morgan fingerprint density at radius 2 is 1.79 bits per heavy atom. The molecule has 14 heavy (non-hydrogen) atoms. The SMILES string of the molecule is COc1cccc(OC)c1C(=O)NO. The topological polar surface area (TPSA) is 67.8 Å². The number of methoxy groups -OCH3 is 2. The van der Waals surface area contributed by atoms with Gasteiger partial charge in [-0.25, -0.2) is 5.48 Å². The number of hydrogen-bond donors (Lipinski definition) is 2. The predicted octanol–water partition coefficient (Wildman–Crippen LogP) is 0.823. The third-order valence-corrected chi connectivity index (χ3v) is 1.76. The smallest absolute Gasteiger partial charge is 0.282 e. The predicted molar refractivity (Wildman–Crippen MR) is 48.8 cm³/mol. The van der Waals surface area contributed by atoms with E-state index in [1.807, 2.05) is 0 Å².